The van der Waals surface area contributed by atoms with Crippen LogP contribution in [0.5, 0.6) is 0 Å². The maximum Gasteiger partial charge on any atom is 0.335 e. The molecule has 4 nitrogen and oxygen atoms in total. The second kappa shape index (κ2) is 6.74. The van der Waals surface area contributed by atoms with E-state index in [1.54, 1.807) is 36.2 Å². The lowest BCUT2D eigenvalue weighted by Crippen LogP contribution is -2.30. The predicted molar refractivity (Wildman–Crippen MR) is 83.1 cm³/mol. The number of carbonyl (C=O) groups is 2. The summed E-state index contributed by atoms with van der Waals surface area (Å²) in [6.07, 6.45) is 0.521. The Morgan fingerprint density at radius 3 is 2.14 bits per heavy atom. The van der Waals surface area contributed by atoms with Gasteiger partial charge in [-0.1, -0.05) is 39.8 Å². The zero-order valence-corrected chi connectivity index (χ0v) is 13.5. The Morgan fingerprint density at radius 1 is 1.19 bits per heavy atom. The lowest BCUT2D eigenvalue weighted by molar-refractivity contribution is -0.132. The second-order valence-corrected chi connectivity index (χ2v) is 6.72. The summed E-state index contributed by atoms with van der Waals surface area (Å²) < 4.78 is 0. The molecule has 0 spiro atoms. The molecule has 1 amide bonds. The lowest BCUT2D eigenvalue weighted by atomic mass is 9.80. The van der Waals surface area contributed by atoms with E-state index < -0.39 is 5.97 Å². The Morgan fingerprint density at radius 2 is 1.71 bits per heavy atom. The first-order valence-electron chi connectivity index (χ1n) is 7.17. The monoisotopic (exact) mass is 291 g/mol. The van der Waals surface area contributed by atoms with E-state index in [1.165, 1.54) is 0 Å². The van der Waals surface area contributed by atoms with Gasteiger partial charge in [-0.25, -0.2) is 4.79 Å². The summed E-state index contributed by atoms with van der Waals surface area (Å²) in [5, 5.41) is 8.86. The fourth-order valence-corrected chi connectivity index (χ4v) is 1.84. The number of aromatic carboxylic acids is 1. The van der Waals surface area contributed by atoms with Crippen molar-refractivity contribution in [3.63, 3.8) is 0 Å². The van der Waals surface area contributed by atoms with Crippen molar-refractivity contribution in [1.82, 2.24) is 4.90 Å². The smallest absolute Gasteiger partial charge is 0.335 e. The fraction of sp³-hybridized carbons (Fsp3) is 0.529. The molecule has 1 unspecified atom stereocenters. The number of amides is 1. The molecular weight excluding hydrogens is 266 g/mol. The van der Waals surface area contributed by atoms with Crippen LogP contribution in [0.3, 0.4) is 0 Å². The van der Waals surface area contributed by atoms with E-state index >= 15 is 0 Å². The maximum absolute atomic E-state index is 12.2. The molecule has 0 aliphatic carbocycles. The molecule has 0 saturated carbocycles. The van der Waals surface area contributed by atoms with Crippen LogP contribution in [0.25, 0.3) is 0 Å². The first-order valence-corrected chi connectivity index (χ1v) is 7.17. The molecule has 1 N–H and O–H groups in total. The van der Waals surface area contributed by atoms with E-state index in [0.717, 1.165) is 5.56 Å². The van der Waals surface area contributed by atoms with Crippen molar-refractivity contribution in [3.05, 3.63) is 35.4 Å². The van der Waals surface area contributed by atoms with Crippen molar-refractivity contribution < 1.29 is 14.7 Å². The fourth-order valence-electron chi connectivity index (χ4n) is 1.84. The summed E-state index contributed by atoms with van der Waals surface area (Å²) >= 11 is 0. The second-order valence-electron chi connectivity index (χ2n) is 6.72. The van der Waals surface area contributed by atoms with E-state index in [0.29, 0.717) is 18.9 Å². The third-order valence-electron chi connectivity index (χ3n) is 4.01. The van der Waals surface area contributed by atoms with Crippen LogP contribution >= 0.6 is 0 Å². The van der Waals surface area contributed by atoms with Crippen LogP contribution in [0.2, 0.25) is 0 Å². The van der Waals surface area contributed by atoms with Crippen molar-refractivity contribution in [2.75, 3.05) is 7.05 Å². The third-order valence-corrected chi connectivity index (χ3v) is 4.01. The molecule has 0 aromatic heterocycles. The molecule has 1 atom stereocenters. The zero-order chi connectivity index (χ0) is 16.2. The highest BCUT2D eigenvalue weighted by molar-refractivity contribution is 5.87. The highest BCUT2D eigenvalue weighted by atomic mass is 16.4. The molecule has 1 rings (SSSR count). The summed E-state index contributed by atoms with van der Waals surface area (Å²) in [6.45, 7) is 8.99. The minimum Gasteiger partial charge on any atom is -0.478 e. The molecule has 0 aliphatic heterocycles. The van der Waals surface area contributed by atoms with Gasteiger partial charge >= 0.3 is 5.97 Å². The van der Waals surface area contributed by atoms with Crippen molar-refractivity contribution in [2.24, 2.45) is 11.3 Å². The van der Waals surface area contributed by atoms with Gasteiger partial charge in [-0.05, 0) is 29.0 Å². The summed E-state index contributed by atoms with van der Waals surface area (Å²) in [5.41, 5.74) is 1.30. The van der Waals surface area contributed by atoms with Crippen LogP contribution in [0.1, 0.15) is 50.0 Å². The molecule has 21 heavy (non-hydrogen) atoms. The first-order chi connectivity index (χ1) is 9.61. The Kier molecular flexibility index (Phi) is 5.53. The number of nitrogens with zero attached hydrogens (tertiary/aromatic N) is 1. The maximum atomic E-state index is 12.2. The zero-order valence-electron chi connectivity index (χ0n) is 13.5. The largest absolute Gasteiger partial charge is 0.478 e. The normalized spacial score (nSPS) is 12.8. The van der Waals surface area contributed by atoms with Gasteiger partial charge in [0.15, 0.2) is 0 Å². The van der Waals surface area contributed by atoms with Gasteiger partial charge in [-0.3, -0.25) is 4.79 Å². The molecule has 0 radical (unpaired) electrons. The number of carboxylic acid groups (broad SMARTS) is 1. The van der Waals surface area contributed by atoms with Gasteiger partial charge in [0.2, 0.25) is 5.91 Å². The minimum absolute atomic E-state index is 0.111. The number of carboxylic acids is 1. The van der Waals surface area contributed by atoms with E-state index in [9.17, 15) is 9.59 Å². The topological polar surface area (TPSA) is 57.6 Å². The van der Waals surface area contributed by atoms with E-state index in [-0.39, 0.29) is 16.9 Å². The molecule has 4 heteroatoms. The van der Waals surface area contributed by atoms with Crippen LogP contribution in [0.4, 0.5) is 0 Å². The number of carbonyl (C=O) groups excluding carboxylic acids is 1. The van der Waals surface area contributed by atoms with Gasteiger partial charge in [0.1, 0.15) is 0 Å². The van der Waals surface area contributed by atoms with Gasteiger partial charge in [0, 0.05) is 20.0 Å². The number of benzene rings is 1. The lowest BCUT2D eigenvalue weighted by Gasteiger charge is -2.28. The van der Waals surface area contributed by atoms with E-state index in [1.807, 2.05) is 0 Å². The van der Waals surface area contributed by atoms with Crippen LogP contribution in [-0.2, 0) is 11.3 Å². The quantitative estimate of drug-likeness (QED) is 0.904. The highest BCUT2D eigenvalue weighted by Gasteiger charge is 2.24. The van der Waals surface area contributed by atoms with Crippen molar-refractivity contribution in [1.29, 1.82) is 0 Å². The molecule has 0 heterocycles. The Labute approximate surface area is 126 Å². The third kappa shape index (κ3) is 5.21. The van der Waals surface area contributed by atoms with Crippen LogP contribution in [-0.4, -0.2) is 28.9 Å². The molecule has 0 aliphatic rings. The minimum atomic E-state index is -0.940. The van der Waals surface area contributed by atoms with Gasteiger partial charge in [0.05, 0.1) is 5.56 Å². The molecule has 0 saturated heterocycles. The molecule has 0 bridgehead atoms. The number of hydrogen-bond acceptors (Lipinski definition) is 2. The van der Waals surface area contributed by atoms with Crippen molar-refractivity contribution in [3.8, 4) is 0 Å². The molecule has 1 aromatic carbocycles. The van der Waals surface area contributed by atoms with Gasteiger partial charge in [-0.2, -0.15) is 0 Å². The average Bonchev–Trinajstić information content (AvgIpc) is 2.37. The van der Waals surface area contributed by atoms with Gasteiger partial charge in [0.25, 0.3) is 0 Å². The molecular formula is C17H25NO3. The van der Waals surface area contributed by atoms with Crippen LogP contribution < -0.4 is 0 Å². The van der Waals surface area contributed by atoms with Gasteiger partial charge < -0.3 is 10.0 Å². The highest BCUT2D eigenvalue weighted by Crippen LogP contribution is 2.28. The Balaban J connectivity index is 2.62. The summed E-state index contributed by atoms with van der Waals surface area (Å²) in [6, 6.07) is 6.63. The summed E-state index contributed by atoms with van der Waals surface area (Å²) in [4.78, 5) is 24.7. The standard InChI is InChI=1S/C17H25NO3/c1-12(17(2,3)4)10-15(19)18(5)11-13-6-8-14(9-7-13)16(20)21/h6-9,12H,10-11H2,1-5H3,(H,20,21). The summed E-state index contributed by atoms with van der Waals surface area (Å²) in [5.74, 6) is -0.522. The van der Waals surface area contributed by atoms with E-state index in [4.69, 9.17) is 5.11 Å². The Bertz CT molecular complexity index is 500. The first kappa shape index (κ1) is 17.2. The molecule has 116 valence electrons. The van der Waals surface area contributed by atoms with Crippen molar-refractivity contribution >= 4 is 11.9 Å². The van der Waals surface area contributed by atoms with E-state index in [2.05, 4.69) is 27.7 Å². The number of hydrogen-bond donors (Lipinski definition) is 1. The Hall–Kier alpha value is -1.84. The van der Waals surface area contributed by atoms with Crippen LogP contribution in [0.15, 0.2) is 24.3 Å². The van der Waals surface area contributed by atoms with Crippen LogP contribution in [0, 0.1) is 11.3 Å². The SMILES string of the molecule is CC(CC(=O)N(C)Cc1ccc(C(=O)O)cc1)C(C)(C)C. The summed E-state index contributed by atoms with van der Waals surface area (Å²) in [7, 11) is 1.78. The number of rotatable bonds is 5. The molecule has 1 aromatic rings. The van der Waals surface area contributed by atoms with Crippen molar-refractivity contribution in [2.45, 2.75) is 40.7 Å². The van der Waals surface area contributed by atoms with Gasteiger partial charge in [-0.15, -0.1) is 0 Å². The average molecular weight is 291 g/mol. The molecule has 0 fully saturated rings. The predicted octanol–water partition coefficient (Wildman–Crippen LogP) is 3.42.